The van der Waals surface area contributed by atoms with Gasteiger partial charge in [-0.25, -0.2) is 4.39 Å². The zero-order valence-electron chi connectivity index (χ0n) is 15.4. The Morgan fingerprint density at radius 3 is 2.33 bits per heavy atom. The van der Waals surface area contributed by atoms with Gasteiger partial charge in [0.15, 0.2) is 0 Å². The molecule has 0 amide bonds. The molecule has 132 valence electrons. The number of alkyl halides is 1. The van der Waals surface area contributed by atoms with Crippen molar-refractivity contribution >= 4 is 5.78 Å². The molecular weight excluding hydrogens is 299 g/mol. The standard InChI is InChI=1S/C22H31FO/c1-15-5-4-6-19(8-7-15)21(24)16(2)18-9-11-20(12-10-18)22(13-14-22)17(3)23/h9-12,15-17,19H,4-8,13-14H2,1-3H3. The molecule has 0 bridgehead atoms. The molecule has 0 aliphatic heterocycles. The summed E-state index contributed by atoms with van der Waals surface area (Å²) < 4.78 is 13.9. The number of halogens is 1. The van der Waals surface area contributed by atoms with Gasteiger partial charge in [0.25, 0.3) is 0 Å². The average molecular weight is 330 g/mol. The van der Waals surface area contributed by atoms with Crippen LogP contribution in [0.1, 0.15) is 82.8 Å². The normalized spacial score (nSPS) is 28.7. The molecule has 0 heterocycles. The van der Waals surface area contributed by atoms with Gasteiger partial charge in [-0.15, -0.1) is 0 Å². The summed E-state index contributed by atoms with van der Waals surface area (Å²) in [5.74, 6) is 1.34. The maximum Gasteiger partial charge on any atom is 0.143 e. The van der Waals surface area contributed by atoms with Crippen molar-refractivity contribution in [1.82, 2.24) is 0 Å². The monoisotopic (exact) mass is 330 g/mol. The van der Waals surface area contributed by atoms with Crippen LogP contribution < -0.4 is 0 Å². The van der Waals surface area contributed by atoms with Crippen LogP contribution in [0.15, 0.2) is 24.3 Å². The topological polar surface area (TPSA) is 17.1 Å². The number of hydrogen-bond donors (Lipinski definition) is 0. The zero-order valence-corrected chi connectivity index (χ0v) is 15.4. The van der Waals surface area contributed by atoms with Gasteiger partial charge in [-0.2, -0.15) is 0 Å². The van der Waals surface area contributed by atoms with Crippen LogP contribution in [0.5, 0.6) is 0 Å². The van der Waals surface area contributed by atoms with E-state index in [1.807, 2.05) is 6.92 Å². The van der Waals surface area contributed by atoms with Gasteiger partial charge in [-0.3, -0.25) is 4.79 Å². The van der Waals surface area contributed by atoms with E-state index in [-0.39, 0.29) is 17.3 Å². The zero-order chi connectivity index (χ0) is 17.3. The highest BCUT2D eigenvalue weighted by Gasteiger charge is 2.49. The van der Waals surface area contributed by atoms with E-state index in [1.165, 1.54) is 19.3 Å². The summed E-state index contributed by atoms with van der Waals surface area (Å²) >= 11 is 0. The molecule has 0 spiro atoms. The Kier molecular flexibility index (Phi) is 5.13. The van der Waals surface area contributed by atoms with E-state index in [9.17, 15) is 9.18 Å². The quantitative estimate of drug-likeness (QED) is 0.608. The Hall–Kier alpha value is -1.18. The van der Waals surface area contributed by atoms with E-state index in [0.717, 1.165) is 42.7 Å². The van der Waals surface area contributed by atoms with Gasteiger partial charge in [-0.1, -0.05) is 57.4 Å². The van der Waals surface area contributed by atoms with E-state index in [1.54, 1.807) is 6.92 Å². The van der Waals surface area contributed by atoms with Crippen LogP contribution in [-0.4, -0.2) is 12.0 Å². The minimum atomic E-state index is -0.796. The number of benzene rings is 1. The number of carbonyl (C=O) groups is 1. The summed E-state index contributed by atoms with van der Waals surface area (Å²) in [4.78, 5) is 12.9. The van der Waals surface area contributed by atoms with Crippen LogP contribution in [0.25, 0.3) is 0 Å². The molecule has 4 unspecified atom stereocenters. The molecule has 3 rings (SSSR count). The van der Waals surface area contributed by atoms with E-state index in [2.05, 4.69) is 31.2 Å². The molecule has 4 atom stereocenters. The van der Waals surface area contributed by atoms with Gasteiger partial charge < -0.3 is 0 Å². The van der Waals surface area contributed by atoms with Gasteiger partial charge in [0, 0.05) is 17.3 Å². The molecule has 2 fully saturated rings. The largest absolute Gasteiger partial charge is 0.299 e. The first kappa shape index (κ1) is 17.6. The van der Waals surface area contributed by atoms with Crippen molar-refractivity contribution in [2.45, 2.75) is 83.2 Å². The van der Waals surface area contributed by atoms with Gasteiger partial charge in [-0.05, 0) is 49.7 Å². The van der Waals surface area contributed by atoms with Gasteiger partial charge in [0.2, 0.25) is 0 Å². The Morgan fingerprint density at radius 2 is 1.75 bits per heavy atom. The molecule has 1 aromatic rings. The van der Waals surface area contributed by atoms with E-state index in [4.69, 9.17) is 0 Å². The summed E-state index contributed by atoms with van der Waals surface area (Å²) in [5, 5.41) is 0. The van der Waals surface area contributed by atoms with Crippen molar-refractivity contribution in [3.63, 3.8) is 0 Å². The van der Waals surface area contributed by atoms with Crippen molar-refractivity contribution < 1.29 is 9.18 Å². The molecule has 0 aromatic heterocycles. The Balaban J connectivity index is 1.68. The maximum atomic E-state index is 13.9. The predicted molar refractivity (Wildman–Crippen MR) is 97.1 cm³/mol. The van der Waals surface area contributed by atoms with Gasteiger partial charge in [0.1, 0.15) is 12.0 Å². The lowest BCUT2D eigenvalue weighted by atomic mass is 9.83. The van der Waals surface area contributed by atoms with Crippen molar-refractivity contribution in [1.29, 1.82) is 0 Å². The third kappa shape index (κ3) is 3.43. The minimum absolute atomic E-state index is 0.0459. The molecule has 2 aliphatic rings. The average Bonchev–Trinajstić information content (AvgIpc) is 3.39. The lowest BCUT2D eigenvalue weighted by Crippen LogP contribution is -2.21. The number of hydrogen-bond acceptors (Lipinski definition) is 1. The Morgan fingerprint density at radius 1 is 1.08 bits per heavy atom. The van der Waals surface area contributed by atoms with Crippen LogP contribution in [0.2, 0.25) is 0 Å². The second kappa shape index (κ2) is 6.98. The lowest BCUT2D eigenvalue weighted by molar-refractivity contribution is -0.124. The van der Waals surface area contributed by atoms with E-state index >= 15 is 0 Å². The first-order valence-electron chi connectivity index (χ1n) is 9.72. The molecular formula is C22H31FO. The molecule has 2 heteroatoms. The third-order valence-electron chi connectivity index (χ3n) is 6.62. The fourth-order valence-electron chi connectivity index (χ4n) is 4.44. The van der Waals surface area contributed by atoms with E-state index < -0.39 is 6.17 Å². The number of carbonyl (C=O) groups excluding carboxylic acids is 1. The smallest absolute Gasteiger partial charge is 0.143 e. The summed E-state index contributed by atoms with van der Waals surface area (Å²) in [6.45, 7) is 6.00. The number of rotatable bonds is 5. The van der Waals surface area contributed by atoms with E-state index in [0.29, 0.717) is 5.78 Å². The SMILES string of the molecule is CC1CCCC(C(=O)C(C)c2ccc(C3(C(C)F)CC3)cc2)CC1. The second-order valence-electron chi connectivity index (χ2n) is 8.33. The Labute approximate surface area is 146 Å². The molecule has 0 N–H and O–H groups in total. The summed E-state index contributed by atoms with van der Waals surface area (Å²) in [6, 6.07) is 8.22. The first-order valence-corrected chi connectivity index (χ1v) is 9.72. The van der Waals surface area contributed by atoms with Gasteiger partial charge in [0.05, 0.1) is 0 Å². The highest BCUT2D eigenvalue weighted by atomic mass is 19.1. The van der Waals surface area contributed by atoms with Crippen molar-refractivity contribution in [2.24, 2.45) is 11.8 Å². The number of ketones is 1. The molecule has 1 nitrogen and oxygen atoms in total. The second-order valence-corrected chi connectivity index (χ2v) is 8.33. The van der Waals surface area contributed by atoms with Crippen molar-refractivity contribution in [2.75, 3.05) is 0 Å². The summed E-state index contributed by atoms with van der Waals surface area (Å²) in [5.41, 5.74) is 1.94. The van der Waals surface area contributed by atoms with Gasteiger partial charge >= 0.3 is 0 Å². The lowest BCUT2D eigenvalue weighted by Gasteiger charge is -2.21. The number of Topliss-reactive ketones (excluding diaryl/α,β-unsaturated/α-hetero) is 1. The van der Waals surface area contributed by atoms with Crippen LogP contribution in [0, 0.1) is 11.8 Å². The first-order chi connectivity index (χ1) is 11.4. The minimum Gasteiger partial charge on any atom is -0.299 e. The molecule has 1 aromatic carbocycles. The fourth-order valence-corrected chi connectivity index (χ4v) is 4.44. The molecule has 2 saturated carbocycles. The molecule has 0 saturated heterocycles. The summed E-state index contributed by atoms with van der Waals surface area (Å²) in [7, 11) is 0. The summed E-state index contributed by atoms with van der Waals surface area (Å²) in [6.07, 6.45) is 6.81. The molecule has 2 aliphatic carbocycles. The van der Waals surface area contributed by atoms with Crippen molar-refractivity contribution in [3.05, 3.63) is 35.4 Å². The molecule has 0 radical (unpaired) electrons. The Bertz CT molecular complexity index is 570. The van der Waals surface area contributed by atoms with Crippen LogP contribution in [0.3, 0.4) is 0 Å². The fraction of sp³-hybridized carbons (Fsp3) is 0.682. The highest BCUT2D eigenvalue weighted by Crippen LogP contribution is 2.52. The predicted octanol–water partition coefficient (Wildman–Crippen LogP) is 5.97. The third-order valence-corrected chi connectivity index (χ3v) is 6.62. The maximum absolute atomic E-state index is 13.9. The van der Waals surface area contributed by atoms with Crippen LogP contribution in [-0.2, 0) is 10.2 Å². The molecule has 24 heavy (non-hydrogen) atoms. The van der Waals surface area contributed by atoms with Crippen LogP contribution in [0.4, 0.5) is 4.39 Å². The van der Waals surface area contributed by atoms with Crippen molar-refractivity contribution in [3.8, 4) is 0 Å². The highest BCUT2D eigenvalue weighted by molar-refractivity contribution is 5.87. The van der Waals surface area contributed by atoms with Crippen LogP contribution >= 0.6 is 0 Å².